The Labute approximate surface area is 279 Å². The van der Waals surface area contributed by atoms with Crippen LogP contribution in [0.3, 0.4) is 0 Å². The van der Waals surface area contributed by atoms with Crippen molar-refractivity contribution in [3.63, 3.8) is 0 Å². The van der Waals surface area contributed by atoms with Crippen LogP contribution >= 0.6 is 46.4 Å². The van der Waals surface area contributed by atoms with E-state index in [-0.39, 0.29) is 21.4 Å². The van der Waals surface area contributed by atoms with Crippen molar-refractivity contribution in [2.75, 3.05) is 9.80 Å². The summed E-state index contributed by atoms with van der Waals surface area (Å²) in [5.74, 6) is -2.01. The van der Waals surface area contributed by atoms with Gasteiger partial charge in [-0.2, -0.15) is 0 Å². The number of imide groups is 2. The first-order valence-corrected chi connectivity index (χ1v) is 15.5. The molecule has 7 aromatic carbocycles. The van der Waals surface area contributed by atoms with E-state index in [9.17, 15) is 19.2 Å². The first-order valence-electron chi connectivity index (χ1n) is 14.0. The quantitative estimate of drug-likeness (QED) is 0.104. The van der Waals surface area contributed by atoms with Gasteiger partial charge in [-0.15, -0.1) is 0 Å². The van der Waals surface area contributed by atoms with Gasteiger partial charge in [0.1, 0.15) is 0 Å². The highest BCUT2D eigenvalue weighted by molar-refractivity contribution is 6.47. The van der Waals surface area contributed by atoms with E-state index < -0.39 is 23.6 Å². The van der Waals surface area contributed by atoms with Crippen LogP contribution in [0.25, 0.3) is 43.1 Å². The Morgan fingerprint density at radius 1 is 0.370 bits per heavy atom. The van der Waals surface area contributed by atoms with Gasteiger partial charge in [-0.3, -0.25) is 19.2 Å². The summed E-state index contributed by atoms with van der Waals surface area (Å²) in [6, 6.07) is 23.4. The molecule has 46 heavy (non-hydrogen) atoms. The van der Waals surface area contributed by atoms with Gasteiger partial charge in [0.05, 0.1) is 21.4 Å². The molecule has 220 valence electrons. The third kappa shape index (κ3) is 3.44. The zero-order valence-corrected chi connectivity index (χ0v) is 26.1. The number of benzene rings is 7. The van der Waals surface area contributed by atoms with Crippen LogP contribution in [0, 0.1) is 0 Å². The molecule has 7 aromatic rings. The van der Waals surface area contributed by atoms with Crippen LogP contribution in [0.2, 0.25) is 20.1 Å². The Hall–Kier alpha value is -4.72. The number of rotatable bonds is 2. The van der Waals surface area contributed by atoms with Crippen LogP contribution in [0.1, 0.15) is 41.4 Å². The molecular weight excluding hydrogens is 666 g/mol. The maximum absolute atomic E-state index is 13.9. The van der Waals surface area contributed by atoms with Crippen LogP contribution in [0.4, 0.5) is 11.4 Å². The summed E-state index contributed by atoms with van der Waals surface area (Å²) in [5.41, 5.74) is 1.92. The van der Waals surface area contributed by atoms with Gasteiger partial charge >= 0.3 is 0 Å². The van der Waals surface area contributed by atoms with E-state index in [2.05, 4.69) is 0 Å². The van der Waals surface area contributed by atoms with Crippen molar-refractivity contribution in [2.45, 2.75) is 0 Å². The van der Waals surface area contributed by atoms with E-state index in [1.54, 1.807) is 48.5 Å². The van der Waals surface area contributed by atoms with Crippen LogP contribution < -0.4 is 9.80 Å². The van der Waals surface area contributed by atoms with E-state index in [1.807, 2.05) is 24.3 Å². The molecule has 10 heteroatoms. The summed E-state index contributed by atoms with van der Waals surface area (Å²) >= 11 is 25.0. The fourth-order valence-corrected chi connectivity index (χ4v) is 8.02. The van der Waals surface area contributed by atoms with Gasteiger partial charge in [-0.25, -0.2) is 9.80 Å². The summed E-state index contributed by atoms with van der Waals surface area (Å²) in [4.78, 5) is 57.9. The number of amides is 4. The lowest BCUT2D eigenvalue weighted by Crippen LogP contribution is -2.40. The minimum absolute atomic E-state index is 0.179. The monoisotopic (exact) mass is 678 g/mol. The van der Waals surface area contributed by atoms with Crippen LogP contribution in [0.5, 0.6) is 0 Å². The molecule has 2 aliphatic rings. The Bertz CT molecular complexity index is 2330. The first-order chi connectivity index (χ1) is 22.2. The van der Waals surface area contributed by atoms with Crippen molar-refractivity contribution < 1.29 is 19.2 Å². The fraction of sp³-hybridized carbons (Fsp3) is 0. The van der Waals surface area contributed by atoms with Crippen molar-refractivity contribution in [3.8, 4) is 0 Å². The van der Waals surface area contributed by atoms with Gasteiger partial charge in [0.25, 0.3) is 23.6 Å². The molecular formula is C36H14Cl4N2O4. The molecule has 0 saturated carbocycles. The van der Waals surface area contributed by atoms with Gasteiger partial charge in [-0.05, 0) is 93.0 Å². The molecule has 0 atom stereocenters. The predicted molar refractivity (Wildman–Crippen MR) is 183 cm³/mol. The van der Waals surface area contributed by atoms with Gasteiger partial charge in [0.2, 0.25) is 0 Å². The zero-order valence-electron chi connectivity index (χ0n) is 23.1. The third-order valence-corrected chi connectivity index (χ3v) is 10.0. The number of carbonyl (C=O) groups excluding carboxylic acids is 4. The van der Waals surface area contributed by atoms with E-state index >= 15 is 0 Å². The van der Waals surface area contributed by atoms with Crippen molar-refractivity contribution in [3.05, 3.63) is 127 Å². The van der Waals surface area contributed by atoms with Gasteiger partial charge < -0.3 is 0 Å². The summed E-state index contributed by atoms with van der Waals surface area (Å²) < 4.78 is 0. The second-order valence-electron chi connectivity index (χ2n) is 11.2. The molecule has 0 radical (unpaired) electrons. The number of nitrogens with zero attached hydrogens (tertiary/aromatic N) is 2. The third-order valence-electron chi connectivity index (χ3n) is 8.94. The Balaban J connectivity index is 1.30. The molecule has 0 fully saturated rings. The Kier molecular flexibility index (Phi) is 5.64. The van der Waals surface area contributed by atoms with Crippen LogP contribution in [0.15, 0.2) is 84.9 Å². The fourth-order valence-electron chi connectivity index (χ4n) is 7.03. The number of fused-ring (bicyclic) bond motifs is 2. The molecule has 4 amide bonds. The average Bonchev–Trinajstić information content (AvgIpc) is 3.03. The molecule has 2 aliphatic heterocycles. The molecule has 6 nitrogen and oxygen atoms in total. The van der Waals surface area contributed by atoms with E-state index in [1.165, 1.54) is 12.1 Å². The second-order valence-corrected chi connectivity index (χ2v) is 12.9. The highest BCUT2D eigenvalue weighted by atomic mass is 35.5. The maximum Gasteiger partial charge on any atom is 0.266 e. The highest BCUT2D eigenvalue weighted by Crippen LogP contribution is 2.47. The smallest absolute Gasteiger partial charge is 0.266 e. The summed E-state index contributed by atoms with van der Waals surface area (Å²) in [6.07, 6.45) is 0. The SMILES string of the molecule is O=C1c2ccc3c4ccc5c6c(ccc(c7ccc(c2c37)C(=O)N1c1ccc(Cl)cc1Cl)c64)C(=O)N(c1ccc(Cl)cc1Cl)C5=O. The minimum atomic E-state index is -0.501. The Morgan fingerprint density at radius 3 is 0.957 bits per heavy atom. The molecule has 0 aromatic heterocycles. The standard InChI is InChI=1S/C36H14Cl4N2O4/c37-15-1-11-27(25(39)13-15)41-33(43)21-7-3-17-19-5-9-23-32-24(36(46)42(35(23)45)28-12-2-16(38)14-26(28)40)10-6-20(30(19)32)18-4-8-22(34(41)44)31(21)29(17)18/h1-14H. The van der Waals surface area contributed by atoms with Crippen LogP contribution in [-0.4, -0.2) is 23.6 Å². The number of carbonyl (C=O) groups is 4. The lowest BCUT2D eigenvalue weighted by Gasteiger charge is -2.30. The minimum Gasteiger partial charge on any atom is -0.268 e. The molecule has 9 rings (SSSR count). The number of halogens is 4. The summed E-state index contributed by atoms with van der Waals surface area (Å²) in [6.45, 7) is 0. The van der Waals surface area contributed by atoms with E-state index in [0.29, 0.717) is 43.1 Å². The molecule has 0 aliphatic carbocycles. The summed E-state index contributed by atoms with van der Waals surface area (Å²) in [5, 5.41) is 6.85. The molecule has 0 saturated heterocycles. The normalized spacial score (nSPS) is 14.6. The molecule has 2 heterocycles. The maximum atomic E-state index is 13.9. The summed E-state index contributed by atoms with van der Waals surface area (Å²) in [7, 11) is 0. The zero-order chi connectivity index (χ0) is 31.8. The molecule has 0 bridgehead atoms. The lowest BCUT2D eigenvalue weighted by molar-refractivity contribution is 0.0877. The van der Waals surface area contributed by atoms with E-state index in [0.717, 1.165) is 42.1 Å². The van der Waals surface area contributed by atoms with Crippen molar-refractivity contribution in [1.82, 2.24) is 0 Å². The number of hydrogen-bond donors (Lipinski definition) is 0. The molecule has 0 spiro atoms. The first kappa shape index (κ1) is 27.6. The Morgan fingerprint density at radius 2 is 0.674 bits per heavy atom. The second kappa shape index (κ2) is 9.41. The molecule has 0 unspecified atom stereocenters. The highest BCUT2D eigenvalue weighted by Gasteiger charge is 2.38. The van der Waals surface area contributed by atoms with Crippen molar-refractivity contribution >= 4 is 124 Å². The lowest BCUT2D eigenvalue weighted by atomic mass is 9.82. The van der Waals surface area contributed by atoms with E-state index in [4.69, 9.17) is 46.4 Å². The topological polar surface area (TPSA) is 74.8 Å². The van der Waals surface area contributed by atoms with Gasteiger partial charge in [-0.1, -0.05) is 70.7 Å². The number of anilines is 2. The molecule has 0 N–H and O–H groups in total. The van der Waals surface area contributed by atoms with Crippen molar-refractivity contribution in [2.24, 2.45) is 0 Å². The average molecular weight is 680 g/mol. The largest absolute Gasteiger partial charge is 0.268 e. The van der Waals surface area contributed by atoms with Gasteiger partial charge in [0.15, 0.2) is 0 Å². The van der Waals surface area contributed by atoms with Crippen molar-refractivity contribution in [1.29, 1.82) is 0 Å². The van der Waals surface area contributed by atoms with Crippen LogP contribution in [-0.2, 0) is 0 Å². The predicted octanol–water partition coefficient (Wildman–Crippen LogP) is 9.95. The van der Waals surface area contributed by atoms with Gasteiger partial charge in [0, 0.05) is 43.1 Å². The number of hydrogen-bond acceptors (Lipinski definition) is 4.